The Balaban J connectivity index is 2.03. The highest BCUT2D eigenvalue weighted by Gasteiger charge is 2.29. The van der Waals surface area contributed by atoms with Gasteiger partial charge in [0.25, 0.3) is 0 Å². The van der Waals surface area contributed by atoms with Gasteiger partial charge in [-0.25, -0.2) is 0 Å². The molecule has 0 saturated carbocycles. The van der Waals surface area contributed by atoms with Crippen molar-refractivity contribution >= 4 is 29.0 Å². The Morgan fingerprint density at radius 1 is 1.26 bits per heavy atom. The van der Waals surface area contributed by atoms with E-state index in [1.807, 2.05) is 11.0 Å². The molecule has 1 aliphatic rings. The number of nitrogen functional groups attached to an aromatic ring is 1. The Bertz CT molecular complexity index is 834. The van der Waals surface area contributed by atoms with Gasteiger partial charge in [-0.1, -0.05) is 26.0 Å². The molecule has 3 rings (SSSR count). The lowest BCUT2D eigenvalue weighted by molar-refractivity contribution is -0.383. The molecule has 0 aliphatic carbocycles. The van der Waals surface area contributed by atoms with Crippen LogP contribution in [-0.2, 0) is 0 Å². The third kappa shape index (κ3) is 4.02. The van der Waals surface area contributed by atoms with Gasteiger partial charge in [0.1, 0.15) is 5.75 Å². The minimum atomic E-state index is -0.571. The normalized spacial score (nSPS) is 19.6. The summed E-state index contributed by atoms with van der Waals surface area (Å²) < 4.78 is 5.31. The fourth-order valence-corrected chi connectivity index (χ4v) is 3.57. The Kier molecular flexibility index (Phi) is 5.29. The van der Waals surface area contributed by atoms with Crippen molar-refractivity contribution in [3.05, 3.63) is 34.4 Å². The Hall–Kier alpha value is -3.10. The summed E-state index contributed by atoms with van der Waals surface area (Å²) in [6.07, 6.45) is 1.13. The molecule has 2 aromatic rings. The zero-order chi connectivity index (χ0) is 19.6. The smallest absolute Gasteiger partial charge is 0.353 e. The number of ether oxygens (including phenoxy) is 1. The van der Waals surface area contributed by atoms with Crippen molar-refractivity contribution < 1.29 is 9.66 Å². The molecule has 27 heavy (non-hydrogen) atoms. The quantitative estimate of drug-likeness (QED) is 0.606. The van der Waals surface area contributed by atoms with Crippen molar-refractivity contribution in [3.63, 3.8) is 0 Å². The lowest BCUT2D eigenvalue weighted by Crippen LogP contribution is -2.39. The van der Waals surface area contributed by atoms with Crippen LogP contribution in [-0.4, -0.2) is 35.1 Å². The fraction of sp³-hybridized carbons (Fsp3) is 0.444. The van der Waals surface area contributed by atoms with Crippen LogP contribution < -0.4 is 20.7 Å². The van der Waals surface area contributed by atoms with Crippen LogP contribution in [0.3, 0.4) is 0 Å². The van der Waals surface area contributed by atoms with Crippen molar-refractivity contribution in [1.29, 1.82) is 0 Å². The van der Waals surface area contributed by atoms with Crippen molar-refractivity contribution in [2.75, 3.05) is 36.1 Å². The van der Waals surface area contributed by atoms with E-state index in [9.17, 15) is 10.1 Å². The topological polar surface area (TPSA) is 119 Å². The number of nitrogens with zero attached hydrogens (tertiary/aromatic N) is 4. The second-order valence-electron chi connectivity index (χ2n) is 7.04. The van der Waals surface area contributed by atoms with Crippen molar-refractivity contribution in [1.82, 2.24) is 9.97 Å². The van der Waals surface area contributed by atoms with Gasteiger partial charge < -0.3 is 20.7 Å². The van der Waals surface area contributed by atoms with Crippen molar-refractivity contribution in [3.8, 4) is 5.75 Å². The summed E-state index contributed by atoms with van der Waals surface area (Å²) >= 11 is 0. The average Bonchev–Trinajstić information content (AvgIpc) is 2.60. The monoisotopic (exact) mass is 372 g/mol. The predicted octanol–water partition coefficient (Wildman–Crippen LogP) is 3.20. The third-order valence-electron chi connectivity index (χ3n) is 4.59. The molecule has 2 atom stereocenters. The van der Waals surface area contributed by atoms with Crippen LogP contribution in [0.5, 0.6) is 5.75 Å². The van der Waals surface area contributed by atoms with E-state index in [2.05, 4.69) is 29.1 Å². The number of anilines is 4. The Morgan fingerprint density at radius 3 is 2.56 bits per heavy atom. The van der Waals surface area contributed by atoms with Crippen LogP contribution in [0.4, 0.5) is 29.0 Å². The minimum absolute atomic E-state index is 0.0536. The molecule has 0 radical (unpaired) electrons. The number of piperidine rings is 1. The first-order valence-electron chi connectivity index (χ1n) is 8.86. The van der Waals surface area contributed by atoms with Gasteiger partial charge in [-0.15, -0.1) is 0 Å². The molecule has 0 unspecified atom stereocenters. The van der Waals surface area contributed by atoms with Crippen LogP contribution in [0.1, 0.15) is 20.3 Å². The maximum atomic E-state index is 11.5. The van der Waals surface area contributed by atoms with Crippen LogP contribution >= 0.6 is 0 Å². The largest absolute Gasteiger partial charge is 0.495 e. The number of nitrogens with one attached hydrogen (secondary N) is 1. The zero-order valence-electron chi connectivity index (χ0n) is 15.7. The van der Waals surface area contributed by atoms with Gasteiger partial charge in [-0.05, 0) is 30.4 Å². The lowest BCUT2D eigenvalue weighted by Gasteiger charge is -2.35. The lowest BCUT2D eigenvalue weighted by atomic mass is 9.92. The molecule has 0 bridgehead atoms. The van der Waals surface area contributed by atoms with E-state index in [4.69, 9.17) is 10.5 Å². The first kappa shape index (κ1) is 18.7. The number of aromatic nitrogens is 2. The maximum Gasteiger partial charge on any atom is 0.353 e. The van der Waals surface area contributed by atoms with Crippen molar-refractivity contribution in [2.24, 2.45) is 11.8 Å². The summed E-state index contributed by atoms with van der Waals surface area (Å²) in [5.74, 6) is 1.81. The van der Waals surface area contributed by atoms with E-state index in [1.54, 1.807) is 18.2 Å². The van der Waals surface area contributed by atoms with Crippen LogP contribution in [0.25, 0.3) is 0 Å². The van der Waals surface area contributed by atoms with E-state index >= 15 is 0 Å². The summed E-state index contributed by atoms with van der Waals surface area (Å²) in [5, 5.41) is 14.5. The maximum absolute atomic E-state index is 11.5. The van der Waals surface area contributed by atoms with Gasteiger partial charge in [0, 0.05) is 13.1 Å². The number of nitro groups is 1. The molecule has 0 spiro atoms. The summed E-state index contributed by atoms with van der Waals surface area (Å²) in [5.41, 5.74) is 6.15. The summed E-state index contributed by atoms with van der Waals surface area (Å²) in [6, 6.07) is 7.13. The molecule has 2 heterocycles. The highest BCUT2D eigenvalue weighted by molar-refractivity contribution is 5.76. The molecule has 1 aliphatic heterocycles. The number of hydrogen-bond acceptors (Lipinski definition) is 8. The van der Waals surface area contributed by atoms with Gasteiger partial charge in [0.15, 0.2) is 0 Å². The molecule has 1 fully saturated rings. The number of rotatable bonds is 5. The molecule has 3 N–H and O–H groups in total. The van der Waals surface area contributed by atoms with Gasteiger partial charge in [-0.3, -0.25) is 10.1 Å². The summed E-state index contributed by atoms with van der Waals surface area (Å²) in [6.45, 7) is 5.92. The molecule has 1 saturated heterocycles. The molecular formula is C18H24N6O3. The molecule has 9 nitrogen and oxygen atoms in total. The third-order valence-corrected chi connectivity index (χ3v) is 4.59. The highest BCUT2D eigenvalue weighted by atomic mass is 16.6. The number of hydrogen-bond donors (Lipinski definition) is 2. The molecule has 144 valence electrons. The average molecular weight is 372 g/mol. The van der Waals surface area contributed by atoms with Gasteiger partial charge in [0.05, 0.1) is 17.7 Å². The van der Waals surface area contributed by atoms with Gasteiger partial charge >= 0.3 is 5.69 Å². The standard InChI is InChI=1S/C18H24N6O3/c1-11-8-12(2)10-23(9-11)18-21-16(19)15(24(25)26)17(22-18)20-13-6-4-5-7-14(13)27-3/h4-7,11-12H,8-10H2,1-3H3,(H3,19,20,21,22)/t11-,12-/m1/s1. The van der Waals surface area contributed by atoms with Gasteiger partial charge in [-0.2, -0.15) is 9.97 Å². The zero-order valence-corrected chi connectivity index (χ0v) is 15.7. The second kappa shape index (κ2) is 7.65. The summed E-state index contributed by atoms with van der Waals surface area (Å²) in [7, 11) is 1.53. The number of nitrogens with two attached hydrogens (primary N) is 1. The van der Waals surface area contributed by atoms with E-state index in [-0.39, 0.29) is 17.3 Å². The SMILES string of the molecule is COc1ccccc1Nc1nc(N2C[C@H](C)C[C@@H](C)C2)nc(N)c1[N+](=O)[O-]. The van der Waals surface area contributed by atoms with Crippen LogP contribution in [0.15, 0.2) is 24.3 Å². The Morgan fingerprint density at radius 2 is 1.93 bits per heavy atom. The second-order valence-corrected chi connectivity index (χ2v) is 7.04. The molecular weight excluding hydrogens is 348 g/mol. The van der Waals surface area contributed by atoms with E-state index in [0.29, 0.717) is 29.2 Å². The van der Waals surface area contributed by atoms with Crippen LogP contribution in [0.2, 0.25) is 0 Å². The van der Waals surface area contributed by atoms with Gasteiger partial charge in [0.2, 0.25) is 17.6 Å². The molecule has 1 aromatic heterocycles. The minimum Gasteiger partial charge on any atom is -0.495 e. The summed E-state index contributed by atoms with van der Waals surface area (Å²) in [4.78, 5) is 21.7. The molecule has 1 aromatic carbocycles. The first-order chi connectivity index (χ1) is 12.9. The van der Waals surface area contributed by atoms with E-state index in [0.717, 1.165) is 19.5 Å². The van der Waals surface area contributed by atoms with E-state index < -0.39 is 4.92 Å². The Labute approximate surface area is 157 Å². The highest BCUT2D eigenvalue weighted by Crippen LogP contribution is 2.36. The van der Waals surface area contributed by atoms with E-state index in [1.165, 1.54) is 7.11 Å². The number of para-hydroxylation sites is 2. The van der Waals surface area contributed by atoms with Crippen molar-refractivity contribution in [2.45, 2.75) is 20.3 Å². The molecule has 9 heteroatoms. The fourth-order valence-electron chi connectivity index (χ4n) is 3.57. The predicted molar refractivity (Wildman–Crippen MR) is 105 cm³/mol. The molecule has 0 amide bonds. The number of methoxy groups -OCH3 is 1. The van der Waals surface area contributed by atoms with Crippen LogP contribution in [0, 0.1) is 22.0 Å². The number of benzene rings is 1. The first-order valence-corrected chi connectivity index (χ1v) is 8.86.